The third-order valence-corrected chi connectivity index (χ3v) is 4.97. The van der Waals surface area contributed by atoms with Crippen molar-refractivity contribution in [2.45, 2.75) is 26.4 Å². The van der Waals surface area contributed by atoms with Crippen molar-refractivity contribution in [1.82, 2.24) is 9.88 Å². The van der Waals surface area contributed by atoms with E-state index in [0.29, 0.717) is 5.13 Å². The van der Waals surface area contributed by atoms with Gasteiger partial charge in [0.05, 0.1) is 0 Å². The van der Waals surface area contributed by atoms with E-state index in [4.69, 9.17) is 5.73 Å². The summed E-state index contributed by atoms with van der Waals surface area (Å²) >= 11 is 5.26. The molecular weight excluding hydrogens is 358 g/mol. The van der Waals surface area contributed by atoms with Crippen LogP contribution in [0.15, 0.2) is 22.8 Å². The number of hydrogen-bond donors (Lipinski definition) is 1. The van der Waals surface area contributed by atoms with Gasteiger partial charge in [-0.1, -0.05) is 22.0 Å². The van der Waals surface area contributed by atoms with Crippen molar-refractivity contribution in [3.63, 3.8) is 0 Å². The minimum atomic E-state index is 0. The van der Waals surface area contributed by atoms with E-state index >= 15 is 0 Å². The zero-order chi connectivity index (χ0) is 13.4. The molecule has 6 heteroatoms. The molecule has 0 atom stereocenters. The summed E-state index contributed by atoms with van der Waals surface area (Å²) in [5.41, 5.74) is 9.90. The van der Waals surface area contributed by atoms with E-state index in [0.717, 1.165) is 26.1 Å². The first-order valence-corrected chi connectivity index (χ1v) is 7.93. The highest BCUT2D eigenvalue weighted by Crippen LogP contribution is 2.29. The van der Waals surface area contributed by atoms with Crippen LogP contribution in [0.25, 0.3) is 0 Å². The largest absolute Gasteiger partial charge is 0.375 e. The first-order chi connectivity index (χ1) is 9.11. The lowest BCUT2D eigenvalue weighted by Gasteiger charge is -2.29. The number of anilines is 1. The second kappa shape index (κ2) is 6.43. The Labute approximate surface area is 137 Å². The lowest BCUT2D eigenvalue weighted by atomic mass is 9.98. The lowest BCUT2D eigenvalue weighted by molar-refractivity contribution is 0.247. The number of nitrogens with two attached hydrogens (primary N) is 1. The van der Waals surface area contributed by atoms with Gasteiger partial charge in [-0.3, -0.25) is 4.90 Å². The minimum absolute atomic E-state index is 0. The molecule has 1 aromatic heterocycles. The van der Waals surface area contributed by atoms with Crippen molar-refractivity contribution < 1.29 is 0 Å². The zero-order valence-corrected chi connectivity index (χ0v) is 14.4. The topological polar surface area (TPSA) is 42.2 Å². The molecule has 0 radical (unpaired) electrons. The van der Waals surface area contributed by atoms with Gasteiger partial charge in [0.2, 0.25) is 0 Å². The van der Waals surface area contributed by atoms with Gasteiger partial charge in [-0.25, -0.2) is 4.98 Å². The summed E-state index contributed by atoms with van der Waals surface area (Å²) in [5, 5.41) is 0.658. The molecule has 0 fully saturated rings. The van der Waals surface area contributed by atoms with Crippen LogP contribution < -0.4 is 5.73 Å². The molecule has 2 heterocycles. The van der Waals surface area contributed by atoms with Crippen LogP contribution >= 0.6 is 39.7 Å². The van der Waals surface area contributed by atoms with Gasteiger partial charge in [0, 0.05) is 35.2 Å². The maximum Gasteiger partial charge on any atom is 0.180 e. The maximum absolute atomic E-state index is 5.68. The van der Waals surface area contributed by atoms with Crippen LogP contribution in [-0.2, 0) is 19.5 Å². The molecule has 0 saturated carbocycles. The minimum Gasteiger partial charge on any atom is -0.375 e. The smallest absolute Gasteiger partial charge is 0.180 e. The van der Waals surface area contributed by atoms with E-state index < -0.39 is 0 Å². The SMILES string of the molecule is Cc1cc(Br)c2c(c1)CN(Cc1cnc(N)s1)CC2.Cl. The molecule has 1 aliphatic heterocycles. The fourth-order valence-corrected chi connectivity index (χ4v) is 4.15. The summed E-state index contributed by atoms with van der Waals surface area (Å²) in [7, 11) is 0. The van der Waals surface area contributed by atoms with Gasteiger partial charge in [-0.15, -0.1) is 23.7 Å². The number of fused-ring (bicyclic) bond motifs is 1. The number of hydrogen-bond acceptors (Lipinski definition) is 4. The summed E-state index contributed by atoms with van der Waals surface area (Å²) < 4.78 is 1.25. The Kier molecular flexibility index (Phi) is 5.07. The Morgan fingerprint density at radius 1 is 1.45 bits per heavy atom. The van der Waals surface area contributed by atoms with Crippen LogP contribution in [0.5, 0.6) is 0 Å². The Hall–Kier alpha value is -0.620. The summed E-state index contributed by atoms with van der Waals surface area (Å²) in [6.45, 7) is 5.19. The molecule has 0 saturated heterocycles. The second-order valence-corrected chi connectivity index (χ2v) is 7.01. The molecular formula is C14H17BrClN3S. The van der Waals surface area contributed by atoms with Crippen LogP contribution in [0.3, 0.4) is 0 Å². The number of aryl methyl sites for hydroxylation is 1. The van der Waals surface area contributed by atoms with Crippen molar-refractivity contribution >= 4 is 44.8 Å². The average molecular weight is 375 g/mol. The van der Waals surface area contributed by atoms with E-state index in [1.807, 2.05) is 6.20 Å². The van der Waals surface area contributed by atoms with E-state index in [9.17, 15) is 0 Å². The third-order valence-electron chi connectivity index (χ3n) is 3.46. The van der Waals surface area contributed by atoms with Crippen molar-refractivity contribution in [3.05, 3.63) is 44.4 Å². The van der Waals surface area contributed by atoms with Gasteiger partial charge in [0.15, 0.2) is 5.13 Å². The van der Waals surface area contributed by atoms with E-state index in [-0.39, 0.29) is 12.4 Å². The second-order valence-electron chi connectivity index (χ2n) is 5.01. The van der Waals surface area contributed by atoms with Crippen LogP contribution in [0.4, 0.5) is 5.13 Å². The number of benzene rings is 1. The zero-order valence-electron chi connectivity index (χ0n) is 11.2. The molecule has 1 aromatic carbocycles. The van der Waals surface area contributed by atoms with E-state index in [2.05, 4.69) is 44.9 Å². The Bertz CT molecular complexity index is 614. The molecule has 0 unspecified atom stereocenters. The molecule has 1 aliphatic rings. The highest BCUT2D eigenvalue weighted by molar-refractivity contribution is 9.10. The Balaban J connectivity index is 0.00000147. The molecule has 2 aromatic rings. The summed E-state index contributed by atoms with van der Waals surface area (Å²) in [4.78, 5) is 7.82. The highest BCUT2D eigenvalue weighted by atomic mass is 79.9. The number of thiazole rings is 1. The van der Waals surface area contributed by atoms with Gasteiger partial charge >= 0.3 is 0 Å². The summed E-state index contributed by atoms with van der Waals surface area (Å²) in [5.74, 6) is 0. The first kappa shape index (κ1) is 15.8. The molecule has 20 heavy (non-hydrogen) atoms. The van der Waals surface area contributed by atoms with E-state index in [1.165, 1.54) is 26.0 Å². The monoisotopic (exact) mass is 373 g/mol. The molecule has 3 rings (SSSR count). The average Bonchev–Trinajstić information content (AvgIpc) is 2.74. The number of nitrogen functional groups attached to an aromatic ring is 1. The molecule has 0 aliphatic carbocycles. The predicted octanol–water partition coefficient (Wildman–Crippen LogP) is 3.78. The predicted molar refractivity (Wildman–Crippen MR) is 90.5 cm³/mol. The Morgan fingerprint density at radius 3 is 2.95 bits per heavy atom. The summed E-state index contributed by atoms with van der Waals surface area (Å²) in [6.07, 6.45) is 2.99. The number of nitrogens with zero attached hydrogens (tertiary/aromatic N) is 2. The highest BCUT2D eigenvalue weighted by Gasteiger charge is 2.19. The summed E-state index contributed by atoms with van der Waals surface area (Å²) in [6, 6.07) is 4.51. The molecule has 3 nitrogen and oxygen atoms in total. The molecule has 2 N–H and O–H groups in total. The van der Waals surface area contributed by atoms with Gasteiger partial charge in [0.1, 0.15) is 0 Å². The molecule has 0 bridgehead atoms. The van der Waals surface area contributed by atoms with Gasteiger partial charge in [0.25, 0.3) is 0 Å². The number of halogens is 2. The van der Waals surface area contributed by atoms with Crippen LogP contribution in [-0.4, -0.2) is 16.4 Å². The maximum atomic E-state index is 5.68. The fourth-order valence-electron chi connectivity index (χ4n) is 2.61. The Morgan fingerprint density at radius 2 is 2.25 bits per heavy atom. The van der Waals surface area contributed by atoms with Crippen molar-refractivity contribution in [2.75, 3.05) is 12.3 Å². The third kappa shape index (κ3) is 3.34. The van der Waals surface area contributed by atoms with E-state index in [1.54, 1.807) is 11.3 Å². The lowest BCUT2D eigenvalue weighted by Crippen LogP contribution is -2.30. The van der Waals surface area contributed by atoms with Crippen molar-refractivity contribution in [1.29, 1.82) is 0 Å². The normalized spacial score (nSPS) is 14.7. The fraction of sp³-hybridized carbons (Fsp3) is 0.357. The van der Waals surface area contributed by atoms with Crippen LogP contribution in [0, 0.1) is 6.92 Å². The molecule has 108 valence electrons. The number of aromatic nitrogens is 1. The molecule has 0 amide bonds. The standard InChI is InChI=1S/C14H16BrN3S.ClH/c1-9-4-10-7-18(3-2-12(10)13(15)5-9)8-11-6-17-14(16)19-11;/h4-6H,2-3,7-8H2,1H3,(H2,16,17);1H. The van der Waals surface area contributed by atoms with Gasteiger partial charge in [-0.05, 0) is 36.1 Å². The quantitative estimate of drug-likeness (QED) is 0.870. The molecule has 0 spiro atoms. The van der Waals surface area contributed by atoms with Gasteiger partial charge in [-0.2, -0.15) is 0 Å². The first-order valence-electron chi connectivity index (χ1n) is 6.32. The number of rotatable bonds is 2. The van der Waals surface area contributed by atoms with Gasteiger partial charge < -0.3 is 5.73 Å². The van der Waals surface area contributed by atoms with Crippen molar-refractivity contribution in [2.24, 2.45) is 0 Å². The van der Waals surface area contributed by atoms with Crippen LogP contribution in [0.2, 0.25) is 0 Å². The van der Waals surface area contributed by atoms with Crippen LogP contribution in [0.1, 0.15) is 21.6 Å². The van der Waals surface area contributed by atoms with Crippen molar-refractivity contribution in [3.8, 4) is 0 Å².